The normalized spacial score (nSPS) is 10.4. The molecule has 1 heterocycles. The van der Waals surface area contributed by atoms with Gasteiger partial charge in [0.05, 0.1) is 0 Å². The third-order valence-corrected chi connectivity index (χ3v) is 3.02. The minimum atomic E-state index is 0.782. The number of benzene rings is 2. The van der Waals surface area contributed by atoms with Crippen LogP contribution >= 0.6 is 0 Å². The maximum absolute atomic E-state index is 5.91. The second kappa shape index (κ2) is 4.41. The van der Waals surface area contributed by atoms with Gasteiger partial charge >= 0.3 is 0 Å². The predicted octanol–water partition coefficient (Wildman–Crippen LogP) is 3.93. The average molecular weight is 234 g/mol. The molecule has 2 aromatic carbocycles. The standard InChI is InChI=1S/C16H14N2/c17-13-8-9-14(16-7-4-10-18-16)15(11-13)12-5-2-1-3-6-12/h1-11,18H,17H2. The number of nitrogens with two attached hydrogens (primary N) is 1. The summed E-state index contributed by atoms with van der Waals surface area (Å²) in [5, 5.41) is 0. The van der Waals surface area contributed by atoms with Crippen molar-refractivity contribution in [1.82, 2.24) is 4.98 Å². The smallest absolute Gasteiger partial charge is 0.0460 e. The zero-order valence-electron chi connectivity index (χ0n) is 9.93. The van der Waals surface area contributed by atoms with Gasteiger partial charge in [-0.2, -0.15) is 0 Å². The first-order valence-corrected chi connectivity index (χ1v) is 5.93. The molecule has 0 aliphatic rings. The van der Waals surface area contributed by atoms with Gasteiger partial charge in [0.25, 0.3) is 0 Å². The van der Waals surface area contributed by atoms with Gasteiger partial charge in [0.1, 0.15) is 0 Å². The Morgan fingerprint density at radius 2 is 1.61 bits per heavy atom. The Morgan fingerprint density at radius 3 is 2.33 bits per heavy atom. The van der Waals surface area contributed by atoms with E-state index in [1.807, 2.05) is 42.6 Å². The van der Waals surface area contributed by atoms with Crippen LogP contribution < -0.4 is 5.73 Å². The van der Waals surface area contributed by atoms with Crippen LogP contribution in [0.1, 0.15) is 0 Å². The average Bonchev–Trinajstić information content (AvgIpc) is 2.93. The molecule has 0 amide bonds. The highest BCUT2D eigenvalue weighted by atomic mass is 14.7. The SMILES string of the molecule is Nc1ccc(-c2ccc[nH]2)c(-c2ccccc2)c1. The molecular formula is C16H14N2. The van der Waals surface area contributed by atoms with Crippen LogP contribution in [0.4, 0.5) is 5.69 Å². The summed E-state index contributed by atoms with van der Waals surface area (Å²) >= 11 is 0. The lowest BCUT2D eigenvalue weighted by Crippen LogP contribution is -1.89. The van der Waals surface area contributed by atoms with Crippen molar-refractivity contribution >= 4 is 5.69 Å². The zero-order chi connectivity index (χ0) is 12.4. The Kier molecular flexibility index (Phi) is 2.61. The van der Waals surface area contributed by atoms with E-state index in [4.69, 9.17) is 5.73 Å². The molecule has 0 fully saturated rings. The fraction of sp³-hybridized carbons (Fsp3) is 0. The number of rotatable bonds is 2. The van der Waals surface area contributed by atoms with Gasteiger partial charge in [0.2, 0.25) is 0 Å². The largest absolute Gasteiger partial charge is 0.399 e. The van der Waals surface area contributed by atoms with Crippen LogP contribution in [-0.4, -0.2) is 4.98 Å². The lowest BCUT2D eigenvalue weighted by atomic mass is 9.97. The lowest BCUT2D eigenvalue weighted by Gasteiger charge is -2.09. The zero-order valence-corrected chi connectivity index (χ0v) is 9.93. The minimum absolute atomic E-state index is 0.782. The first-order valence-electron chi connectivity index (χ1n) is 5.93. The van der Waals surface area contributed by atoms with Crippen molar-refractivity contribution < 1.29 is 0 Å². The first kappa shape index (κ1) is 10.7. The number of nitrogen functional groups attached to an aromatic ring is 1. The Labute approximate surface area is 106 Å². The fourth-order valence-electron chi connectivity index (χ4n) is 2.15. The van der Waals surface area contributed by atoms with Gasteiger partial charge in [0.15, 0.2) is 0 Å². The third kappa shape index (κ3) is 1.89. The van der Waals surface area contributed by atoms with E-state index in [1.54, 1.807) is 0 Å². The maximum atomic E-state index is 5.91. The molecular weight excluding hydrogens is 220 g/mol. The molecule has 0 radical (unpaired) electrons. The van der Waals surface area contributed by atoms with E-state index in [9.17, 15) is 0 Å². The van der Waals surface area contributed by atoms with Crippen LogP contribution in [0.5, 0.6) is 0 Å². The highest BCUT2D eigenvalue weighted by Crippen LogP contribution is 2.32. The number of nitrogens with one attached hydrogen (secondary N) is 1. The van der Waals surface area contributed by atoms with Crippen LogP contribution in [0.15, 0.2) is 66.9 Å². The number of aromatic nitrogens is 1. The molecule has 1 aromatic heterocycles. The summed E-state index contributed by atoms with van der Waals surface area (Å²) in [6, 6.07) is 20.4. The summed E-state index contributed by atoms with van der Waals surface area (Å²) in [5.41, 5.74) is 11.3. The van der Waals surface area contributed by atoms with E-state index in [-0.39, 0.29) is 0 Å². The minimum Gasteiger partial charge on any atom is -0.399 e. The van der Waals surface area contributed by atoms with Crippen LogP contribution in [0.25, 0.3) is 22.4 Å². The molecule has 88 valence electrons. The highest BCUT2D eigenvalue weighted by Gasteiger charge is 2.07. The molecule has 0 spiro atoms. The van der Waals surface area contributed by atoms with Crippen molar-refractivity contribution in [2.45, 2.75) is 0 Å². The summed E-state index contributed by atoms with van der Waals surface area (Å²) in [6.45, 7) is 0. The van der Waals surface area contributed by atoms with Crippen molar-refractivity contribution in [3.63, 3.8) is 0 Å². The lowest BCUT2D eigenvalue weighted by molar-refractivity contribution is 1.40. The van der Waals surface area contributed by atoms with E-state index in [1.165, 1.54) is 11.1 Å². The van der Waals surface area contributed by atoms with Gasteiger partial charge < -0.3 is 10.7 Å². The Balaban J connectivity index is 2.22. The molecule has 0 atom stereocenters. The van der Waals surface area contributed by atoms with E-state index < -0.39 is 0 Å². The Hall–Kier alpha value is -2.48. The molecule has 0 unspecified atom stereocenters. The van der Waals surface area contributed by atoms with Crippen molar-refractivity contribution in [2.75, 3.05) is 5.73 Å². The van der Waals surface area contributed by atoms with Gasteiger partial charge in [-0.3, -0.25) is 0 Å². The Bertz CT molecular complexity index is 640. The van der Waals surface area contributed by atoms with Gasteiger partial charge in [-0.25, -0.2) is 0 Å². The monoisotopic (exact) mass is 234 g/mol. The summed E-state index contributed by atoms with van der Waals surface area (Å²) in [7, 11) is 0. The number of aromatic amines is 1. The van der Waals surface area contributed by atoms with Crippen molar-refractivity contribution in [1.29, 1.82) is 0 Å². The van der Waals surface area contributed by atoms with Gasteiger partial charge in [0, 0.05) is 23.1 Å². The molecule has 3 rings (SSSR count). The highest BCUT2D eigenvalue weighted by molar-refractivity contribution is 5.84. The molecule has 0 aliphatic carbocycles. The molecule has 0 saturated heterocycles. The first-order chi connectivity index (χ1) is 8.84. The van der Waals surface area contributed by atoms with E-state index >= 15 is 0 Å². The van der Waals surface area contributed by atoms with Crippen molar-refractivity contribution in [2.24, 2.45) is 0 Å². The molecule has 2 heteroatoms. The number of H-pyrrole nitrogens is 1. The van der Waals surface area contributed by atoms with Crippen molar-refractivity contribution in [3.05, 3.63) is 66.9 Å². The summed E-state index contributed by atoms with van der Waals surface area (Å²) in [4.78, 5) is 3.24. The van der Waals surface area contributed by atoms with Crippen LogP contribution in [0, 0.1) is 0 Å². The number of hydrogen-bond acceptors (Lipinski definition) is 1. The topological polar surface area (TPSA) is 41.8 Å². The second-order valence-corrected chi connectivity index (χ2v) is 4.25. The maximum Gasteiger partial charge on any atom is 0.0460 e. The van der Waals surface area contributed by atoms with Crippen LogP contribution in [0.2, 0.25) is 0 Å². The van der Waals surface area contributed by atoms with Crippen molar-refractivity contribution in [3.8, 4) is 22.4 Å². The molecule has 3 N–H and O–H groups in total. The summed E-state index contributed by atoms with van der Waals surface area (Å²) in [5.74, 6) is 0. The van der Waals surface area contributed by atoms with Gasteiger partial charge in [-0.05, 0) is 35.4 Å². The van der Waals surface area contributed by atoms with Gasteiger partial charge in [-0.15, -0.1) is 0 Å². The molecule has 0 aliphatic heterocycles. The second-order valence-electron chi connectivity index (χ2n) is 4.25. The third-order valence-electron chi connectivity index (χ3n) is 3.02. The number of hydrogen-bond donors (Lipinski definition) is 2. The predicted molar refractivity (Wildman–Crippen MR) is 76.1 cm³/mol. The Morgan fingerprint density at radius 1 is 0.778 bits per heavy atom. The fourth-order valence-corrected chi connectivity index (χ4v) is 2.15. The number of anilines is 1. The van der Waals surface area contributed by atoms with E-state index in [0.29, 0.717) is 0 Å². The van der Waals surface area contributed by atoms with Crippen LogP contribution in [0.3, 0.4) is 0 Å². The molecule has 2 nitrogen and oxygen atoms in total. The van der Waals surface area contributed by atoms with Gasteiger partial charge in [-0.1, -0.05) is 36.4 Å². The molecule has 0 bridgehead atoms. The molecule has 18 heavy (non-hydrogen) atoms. The molecule has 3 aromatic rings. The molecule has 0 saturated carbocycles. The quantitative estimate of drug-likeness (QED) is 0.648. The van der Waals surface area contributed by atoms with E-state index in [2.05, 4.69) is 29.2 Å². The summed E-state index contributed by atoms with van der Waals surface area (Å²) < 4.78 is 0. The van der Waals surface area contributed by atoms with E-state index in [0.717, 1.165) is 16.9 Å². The van der Waals surface area contributed by atoms with Crippen LogP contribution in [-0.2, 0) is 0 Å². The summed E-state index contributed by atoms with van der Waals surface area (Å²) in [6.07, 6.45) is 1.93.